The zero-order chi connectivity index (χ0) is 27.5. The van der Waals surface area contributed by atoms with Crippen LogP contribution in [0.3, 0.4) is 0 Å². The number of aliphatic hydroxyl groups is 2. The number of anilines is 1. The molecule has 0 amide bonds. The molecule has 0 aliphatic heterocycles. The van der Waals surface area contributed by atoms with Crippen LogP contribution in [-0.2, 0) is 6.54 Å². The number of carboxylic acids is 1. The zero-order valence-corrected chi connectivity index (χ0v) is 22.2. The molecule has 2 heterocycles. The van der Waals surface area contributed by atoms with Gasteiger partial charge in [-0.05, 0) is 49.1 Å². The van der Waals surface area contributed by atoms with Crippen LogP contribution >= 0.6 is 11.6 Å². The van der Waals surface area contributed by atoms with Gasteiger partial charge < -0.3 is 29.9 Å². The highest BCUT2D eigenvalue weighted by Gasteiger charge is 2.25. The van der Waals surface area contributed by atoms with Gasteiger partial charge in [0.1, 0.15) is 29.8 Å². The second-order valence-corrected chi connectivity index (χ2v) is 10.3. The number of aryl methyl sites for hydroxylation is 1. The van der Waals surface area contributed by atoms with E-state index in [0.29, 0.717) is 52.5 Å². The summed E-state index contributed by atoms with van der Waals surface area (Å²) < 4.78 is 7.82. The fourth-order valence-electron chi connectivity index (χ4n) is 4.37. The highest BCUT2D eigenvalue weighted by molar-refractivity contribution is 6.30. The smallest absolute Gasteiger partial charge is 0.374 e. The van der Waals surface area contributed by atoms with Gasteiger partial charge in [-0.25, -0.2) is 19.7 Å². The number of hydrogen-bond donors (Lipinski definition) is 4. The molecule has 1 aliphatic carbocycles. The molecule has 0 bridgehead atoms. The predicted molar refractivity (Wildman–Crippen MR) is 147 cm³/mol. The largest absolute Gasteiger partial charge is 0.490 e. The molecule has 2 aromatic heterocycles. The van der Waals surface area contributed by atoms with Crippen LogP contribution in [0.5, 0.6) is 5.75 Å². The maximum Gasteiger partial charge on any atom is 0.374 e. The molecule has 1 aliphatic rings. The van der Waals surface area contributed by atoms with Crippen molar-refractivity contribution in [1.29, 1.82) is 0 Å². The third-order valence-corrected chi connectivity index (χ3v) is 6.86. The summed E-state index contributed by atoms with van der Waals surface area (Å²) in [5, 5.41) is 32.8. The van der Waals surface area contributed by atoms with E-state index in [0.717, 1.165) is 17.5 Å². The number of aromatic carboxylic acids is 1. The maximum atomic E-state index is 11.9. The highest BCUT2D eigenvalue weighted by Crippen LogP contribution is 2.36. The van der Waals surface area contributed by atoms with Crippen molar-refractivity contribution in [3.8, 4) is 17.1 Å². The average molecular weight is 552 g/mol. The van der Waals surface area contributed by atoms with E-state index in [1.165, 1.54) is 12.8 Å². The molecule has 10 nitrogen and oxygen atoms in total. The van der Waals surface area contributed by atoms with E-state index >= 15 is 0 Å². The Hall–Kier alpha value is -3.73. The third kappa shape index (κ3) is 6.30. The average Bonchev–Trinajstić information content (AvgIpc) is 3.68. The van der Waals surface area contributed by atoms with Crippen LogP contribution in [0.4, 0.5) is 5.82 Å². The van der Waals surface area contributed by atoms with E-state index in [2.05, 4.69) is 15.3 Å². The first-order valence-corrected chi connectivity index (χ1v) is 13.2. The van der Waals surface area contributed by atoms with Crippen LogP contribution in [-0.4, -0.2) is 66.7 Å². The third-order valence-electron chi connectivity index (χ3n) is 6.61. The number of nitrogens with one attached hydrogen (secondary N) is 1. The number of rotatable bonds is 12. The Kier molecular flexibility index (Phi) is 7.97. The van der Waals surface area contributed by atoms with Crippen molar-refractivity contribution in [1.82, 2.24) is 19.5 Å². The molecule has 0 spiro atoms. The molecule has 1 saturated carbocycles. The van der Waals surface area contributed by atoms with Crippen LogP contribution in [0.25, 0.3) is 22.6 Å². The first-order chi connectivity index (χ1) is 18.8. The van der Waals surface area contributed by atoms with Crippen molar-refractivity contribution in [3.63, 3.8) is 0 Å². The molecule has 5 rings (SSSR count). The first-order valence-electron chi connectivity index (χ1n) is 12.8. The van der Waals surface area contributed by atoms with E-state index < -0.39 is 18.7 Å². The number of aromatic nitrogens is 4. The second kappa shape index (κ2) is 11.6. The van der Waals surface area contributed by atoms with Crippen molar-refractivity contribution in [3.05, 3.63) is 64.4 Å². The molecule has 1 fully saturated rings. The molecular weight excluding hydrogens is 522 g/mol. The van der Waals surface area contributed by atoms with E-state index in [4.69, 9.17) is 21.3 Å². The van der Waals surface area contributed by atoms with Gasteiger partial charge in [-0.2, -0.15) is 0 Å². The number of aliphatic hydroxyl groups excluding tert-OH is 2. The molecule has 204 valence electrons. The summed E-state index contributed by atoms with van der Waals surface area (Å²) in [6.45, 7) is 2.42. The lowest BCUT2D eigenvalue weighted by molar-refractivity contribution is 0.0538. The molecule has 39 heavy (non-hydrogen) atoms. The van der Waals surface area contributed by atoms with Gasteiger partial charge >= 0.3 is 5.97 Å². The van der Waals surface area contributed by atoms with E-state index in [1.807, 2.05) is 35.8 Å². The summed E-state index contributed by atoms with van der Waals surface area (Å²) in [5.74, 6) is 0.454. The van der Waals surface area contributed by atoms with Gasteiger partial charge in [0.05, 0.1) is 12.2 Å². The molecule has 1 unspecified atom stereocenters. The molecule has 11 heteroatoms. The molecule has 0 saturated heterocycles. The monoisotopic (exact) mass is 551 g/mol. The Labute approximate surface area is 230 Å². The van der Waals surface area contributed by atoms with Gasteiger partial charge in [-0.3, -0.25) is 0 Å². The van der Waals surface area contributed by atoms with Crippen LogP contribution in [0, 0.1) is 12.8 Å². The zero-order valence-electron chi connectivity index (χ0n) is 21.5. The number of halogens is 1. The minimum Gasteiger partial charge on any atom is -0.490 e. The molecule has 0 radical (unpaired) electrons. The topological polar surface area (TPSA) is 143 Å². The van der Waals surface area contributed by atoms with Gasteiger partial charge in [0.15, 0.2) is 11.5 Å². The van der Waals surface area contributed by atoms with Crippen molar-refractivity contribution >= 4 is 34.6 Å². The molecule has 4 aromatic rings. The quantitative estimate of drug-likeness (QED) is 0.204. The van der Waals surface area contributed by atoms with Gasteiger partial charge in [-0.1, -0.05) is 48.2 Å². The molecule has 4 N–H and O–H groups in total. The number of fused-ring (bicyclic) bond motifs is 1. The predicted octanol–water partition coefficient (Wildman–Crippen LogP) is 4.15. The number of benzene rings is 2. The Balaban J connectivity index is 1.68. The fourth-order valence-corrected chi connectivity index (χ4v) is 4.50. The van der Waals surface area contributed by atoms with Crippen molar-refractivity contribution in [2.45, 2.75) is 38.8 Å². The second-order valence-electron chi connectivity index (χ2n) is 9.83. The Morgan fingerprint density at radius 2 is 1.95 bits per heavy atom. The minimum absolute atomic E-state index is 0.110. The van der Waals surface area contributed by atoms with Gasteiger partial charge in [0, 0.05) is 18.1 Å². The van der Waals surface area contributed by atoms with Crippen LogP contribution < -0.4 is 10.1 Å². The van der Waals surface area contributed by atoms with Crippen molar-refractivity contribution < 1.29 is 24.9 Å². The standard InChI is InChI=1S/C28H30ClN5O5/c1-16-2-9-22(39-15-20(36)14-35)21(12-16)27-33-25-23(34(27)13-18-5-7-19(29)8-6-18)24(30-11-10-17-3-4-17)31-26(32-25)28(37)38/h2,5-9,12,17,20,35-36H,3-4,10-11,13-15H2,1H3,(H,37,38)(H,30,31,32). The number of carbonyl (C=O) groups is 1. The van der Waals surface area contributed by atoms with Crippen molar-refractivity contribution in [2.24, 2.45) is 5.92 Å². The lowest BCUT2D eigenvalue weighted by atomic mass is 10.1. The SMILES string of the molecule is Cc1ccc(OCC(O)CO)c(-c2nc3nc(C(=O)O)nc(NCCC4CC4)c3n2Cc2ccc(Cl)cc2)c1. The Morgan fingerprint density at radius 3 is 2.64 bits per heavy atom. The first kappa shape index (κ1) is 26.9. The minimum atomic E-state index is -1.24. The lowest BCUT2D eigenvalue weighted by Gasteiger charge is -2.16. The number of nitrogens with zero attached hydrogens (tertiary/aromatic N) is 4. The summed E-state index contributed by atoms with van der Waals surface area (Å²) >= 11 is 6.13. The maximum absolute atomic E-state index is 11.9. The van der Waals surface area contributed by atoms with Crippen LogP contribution in [0.1, 0.15) is 41.0 Å². The highest BCUT2D eigenvalue weighted by atomic mass is 35.5. The summed E-state index contributed by atoms with van der Waals surface area (Å²) in [4.78, 5) is 25.3. The Morgan fingerprint density at radius 1 is 1.18 bits per heavy atom. The summed E-state index contributed by atoms with van der Waals surface area (Å²) in [6, 6.07) is 13.0. The number of ether oxygens (including phenoxy) is 1. The normalized spacial score (nSPS) is 13.9. The number of imidazole rings is 1. The molecule has 1 atom stereocenters. The van der Waals surface area contributed by atoms with Crippen molar-refractivity contribution in [2.75, 3.05) is 25.1 Å². The van der Waals surface area contributed by atoms with Gasteiger partial charge in [0.25, 0.3) is 0 Å². The summed E-state index contributed by atoms with van der Waals surface area (Å²) in [5.41, 5.74) is 3.34. The van der Waals surface area contributed by atoms with Crippen LogP contribution in [0.15, 0.2) is 42.5 Å². The van der Waals surface area contributed by atoms with Crippen LogP contribution in [0.2, 0.25) is 5.02 Å². The van der Waals surface area contributed by atoms with E-state index in [-0.39, 0.29) is 18.1 Å². The number of carboxylic acid groups (broad SMARTS) is 1. The Bertz CT molecular complexity index is 1490. The van der Waals surface area contributed by atoms with Gasteiger partial charge in [0.2, 0.25) is 5.82 Å². The van der Waals surface area contributed by atoms with E-state index in [9.17, 15) is 20.1 Å². The number of hydrogen-bond acceptors (Lipinski definition) is 8. The van der Waals surface area contributed by atoms with Gasteiger partial charge in [-0.15, -0.1) is 0 Å². The fraction of sp³-hybridized carbons (Fsp3) is 0.357. The summed E-state index contributed by atoms with van der Waals surface area (Å²) in [7, 11) is 0. The lowest BCUT2D eigenvalue weighted by Crippen LogP contribution is -2.21. The molecular formula is C28H30ClN5O5. The van der Waals surface area contributed by atoms with E-state index in [1.54, 1.807) is 18.2 Å². The molecule has 2 aromatic carbocycles. The summed E-state index contributed by atoms with van der Waals surface area (Å²) in [6.07, 6.45) is 2.34.